The van der Waals surface area contributed by atoms with E-state index in [0.717, 1.165) is 48.9 Å². The zero-order chi connectivity index (χ0) is 19.8. The number of benzene rings is 1. The molecule has 1 aromatic heterocycles. The van der Waals surface area contributed by atoms with Crippen molar-refractivity contribution < 1.29 is 9.18 Å². The van der Waals surface area contributed by atoms with Crippen LogP contribution in [0.4, 0.5) is 9.52 Å². The Morgan fingerprint density at radius 2 is 2.11 bits per heavy atom. The van der Waals surface area contributed by atoms with Gasteiger partial charge < -0.3 is 10.2 Å². The van der Waals surface area contributed by atoms with Crippen molar-refractivity contribution in [2.24, 2.45) is 5.92 Å². The number of aromatic nitrogens is 2. The van der Waals surface area contributed by atoms with Crippen LogP contribution in [0.2, 0.25) is 0 Å². The van der Waals surface area contributed by atoms with Gasteiger partial charge >= 0.3 is 0 Å². The summed E-state index contributed by atoms with van der Waals surface area (Å²) in [5.41, 5.74) is 0.990. The van der Waals surface area contributed by atoms with Crippen molar-refractivity contribution >= 4 is 22.6 Å². The number of anilines is 1. The molecule has 1 fully saturated rings. The van der Waals surface area contributed by atoms with Crippen LogP contribution < -0.4 is 10.2 Å². The van der Waals surface area contributed by atoms with Gasteiger partial charge in [-0.2, -0.15) is 4.37 Å². The zero-order valence-electron chi connectivity index (χ0n) is 16.5. The number of carbonyl (C=O) groups is 1. The van der Waals surface area contributed by atoms with E-state index in [1.807, 2.05) is 0 Å². The van der Waals surface area contributed by atoms with Crippen LogP contribution in [0.1, 0.15) is 56.8 Å². The molecule has 0 saturated carbocycles. The van der Waals surface area contributed by atoms with E-state index in [4.69, 9.17) is 0 Å². The summed E-state index contributed by atoms with van der Waals surface area (Å²) in [7, 11) is 0. The van der Waals surface area contributed by atoms with E-state index in [0.29, 0.717) is 13.0 Å². The van der Waals surface area contributed by atoms with Crippen molar-refractivity contribution in [2.45, 2.75) is 51.9 Å². The highest BCUT2D eigenvalue weighted by Crippen LogP contribution is 2.25. The first-order chi connectivity index (χ1) is 13.7. The molecular formula is C21H29FN4OS. The maximum absolute atomic E-state index is 13.0. The molecule has 0 aliphatic carbocycles. The monoisotopic (exact) mass is 404 g/mol. The molecule has 5 nitrogen and oxygen atoms in total. The number of rotatable bonds is 9. The third-order valence-electron chi connectivity index (χ3n) is 5.13. The van der Waals surface area contributed by atoms with E-state index in [9.17, 15) is 9.18 Å². The third kappa shape index (κ3) is 5.99. The predicted molar refractivity (Wildman–Crippen MR) is 111 cm³/mol. The Labute approximate surface area is 170 Å². The molecule has 3 rings (SSSR count). The lowest BCUT2D eigenvalue weighted by Crippen LogP contribution is -2.43. The first kappa shape index (κ1) is 20.7. The van der Waals surface area contributed by atoms with Gasteiger partial charge in [-0.15, -0.1) is 0 Å². The Bertz CT molecular complexity index is 749. The molecule has 28 heavy (non-hydrogen) atoms. The van der Waals surface area contributed by atoms with Gasteiger partial charge in [0.05, 0.1) is 5.92 Å². The minimum Gasteiger partial charge on any atom is -0.356 e. The third-order valence-corrected chi connectivity index (χ3v) is 5.94. The van der Waals surface area contributed by atoms with Gasteiger partial charge in [0, 0.05) is 37.6 Å². The first-order valence-corrected chi connectivity index (χ1v) is 11.0. The predicted octanol–water partition coefficient (Wildman–Crippen LogP) is 4.18. The lowest BCUT2D eigenvalue weighted by atomic mass is 9.97. The molecule has 1 N–H and O–H groups in total. The van der Waals surface area contributed by atoms with Gasteiger partial charge in [0.1, 0.15) is 11.6 Å². The lowest BCUT2D eigenvalue weighted by molar-refractivity contribution is -0.125. The highest BCUT2D eigenvalue weighted by Gasteiger charge is 2.27. The van der Waals surface area contributed by atoms with Gasteiger partial charge in [0.2, 0.25) is 11.0 Å². The van der Waals surface area contributed by atoms with E-state index in [1.165, 1.54) is 42.9 Å². The minimum absolute atomic E-state index is 0.0179. The summed E-state index contributed by atoms with van der Waals surface area (Å²) in [6.07, 6.45) is 7.17. The number of nitrogens with zero attached hydrogens (tertiary/aromatic N) is 3. The molecule has 2 heterocycles. The average Bonchev–Trinajstić information content (AvgIpc) is 3.18. The summed E-state index contributed by atoms with van der Waals surface area (Å²) in [6.45, 7) is 4.57. The van der Waals surface area contributed by atoms with Crippen molar-refractivity contribution in [1.29, 1.82) is 0 Å². The normalized spacial score (nSPS) is 16.9. The number of halogens is 1. The van der Waals surface area contributed by atoms with Crippen LogP contribution in [0, 0.1) is 11.7 Å². The van der Waals surface area contributed by atoms with E-state index < -0.39 is 0 Å². The van der Waals surface area contributed by atoms with Gasteiger partial charge in [-0.05, 0) is 37.0 Å². The summed E-state index contributed by atoms with van der Waals surface area (Å²) in [5.74, 6) is 0.689. The lowest BCUT2D eigenvalue weighted by Gasteiger charge is -2.31. The van der Waals surface area contributed by atoms with Gasteiger partial charge in [-0.1, -0.05) is 38.3 Å². The largest absolute Gasteiger partial charge is 0.356 e. The fourth-order valence-corrected chi connectivity index (χ4v) is 4.22. The van der Waals surface area contributed by atoms with Crippen LogP contribution in [0.25, 0.3) is 0 Å². The van der Waals surface area contributed by atoms with Crippen LogP contribution in [0.15, 0.2) is 24.3 Å². The number of hydrogen-bond donors (Lipinski definition) is 1. The van der Waals surface area contributed by atoms with Crippen molar-refractivity contribution in [3.8, 4) is 0 Å². The molecule has 1 aliphatic heterocycles. The average molecular weight is 405 g/mol. The van der Waals surface area contributed by atoms with Gasteiger partial charge in [-0.3, -0.25) is 4.79 Å². The number of nitrogens with one attached hydrogen (secondary N) is 1. The Morgan fingerprint density at radius 1 is 1.29 bits per heavy atom. The zero-order valence-corrected chi connectivity index (χ0v) is 17.3. The molecule has 1 amide bonds. The Kier molecular flexibility index (Phi) is 7.77. The van der Waals surface area contributed by atoms with Crippen LogP contribution in [0.5, 0.6) is 0 Å². The molecule has 2 aromatic rings. The second-order valence-electron chi connectivity index (χ2n) is 7.43. The maximum Gasteiger partial charge on any atom is 0.224 e. The second kappa shape index (κ2) is 10.5. The van der Waals surface area contributed by atoms with E-state index in [1.54, 1.807) is 12.1 Å². The SMILES string of the molecule is CCCCCCNC(=O)[C@H]1CCCN(c2nc(Cc3ccc(F)cc3)ns2)C1. The summed E-state index contributed by atoms with van der Waals surface area (Å²) in [6, 6.07) is 6.44. The highest BCUT2D eigenvalue weighted by molar-refractivity contribution is 7.09. The molecular weight excluding hydrogens is 375 g/mol. The van der Waals surface area contributed by atoms with E-state index in [-0.39, 0.29) is 17.6 Å². The van der Waals surface area contributed by atoms with Crippen molar-refractivity contribution in [3.63, 3.8) is 0 Å². The van der Waals surface area contributed by atoms with Crippen molar-refractivity contribution in [2.75, 3.05) is 24.5 Å². The molecule has 0 unspecified atom stereocenters. The topological polar surface area (TPSA) is 58.1 Å². The second-order valence-corrected chi connectivity index (χ2v) is 8.16. The number of piperidine rings is 1. The van der Waals surface area contributed by atoms with Gasteiger partial charge in [0.15, 0.2) is 0 Å². The number of hydrogen-bond acceptors (Lipinski definition) is 5. The van der Waals surface area contributed by atoms with Crippen LogP contribution in [0.3, 0.4) is 0 Å². The van der Waals surface area contributed by atoms with Gasteiger partial charge in [-0.25, -0.2) is 9.37 Å². The Hall–Kier alpha value is -2.02. The Balaban J connectivity index is 1.50. The number of unbranched alkanes of at least 4 members (excludes halogenated alkanes) is 3. The molecule has 152 valence electrons. The number of amides is 1. The highest BCUT2D eigenvalue weighted by atomic mass is 32.1. The van der Waals surface area contributed by atoms with E-state index in [2.05, 4.69) is 26.5 Å². The fraction of sp³-hybridized carbons (Fsp3) is 0.571. The molecule has 1 aromatic carbocycles. The molecule has 0 radical (unpaired) electrons. The Morgan fingerprint density at radius 3 is 2.89 bits per heavy atom. The smallest absolute Gasteiger partial charge is 0.224 e. The summed E-state index contributed by atoms with van der Waals surface area (Å²) >= 11 is 1.38. The number of carbonyl (C=O) groups excluding carboxylic acids is 1. The van der Waals surface area contributed by atoms with Gasteiger partial charge in [0.25, 0.3) is 0 Å². The van der Waals surface area contributed by atoms with Crippen LogP contribution in [-0.2, 0) is 11.2 Å². The fourth-order valence-electron chi connectivity index (χ4n) is 3.50. The summed E-state index contributed by atoms with van der Waals surface area (Å²) in [5, 5.41) is 3.97. The minimum atomic E-state index is -0.237. The molecule has 1 saturated heterocycles. The molecule has 0 spiro atoms. The maximum atomic E-state index is 13.0. The molecule has 7 heteroatoms. The van der Waals surface area contributed by atoms with E-state index >= 15 is 0 Å². The molecule has 1 atom stereocenters. The molecule has 1 aliphatic rings. The van der Waals surface area contributed by atoms with Crippen molar-refractivity contribution in [1.82, 2.24) is 14.7 Å². The van der Waals surface area contributed by atoms with Crippen LogP contribution >= 0.6 is 11.5 Å². The standard InChI is InChI=1S/C21H29FN4OS/c1-2-3-4-5-12-23-20(27)17-7-6-13-26(15-17)21-24-19(25-28-21)14-16-8-10-18(22)11-9-16/h8-11,17H,2-7,12-15H2,1H3,(H,23,27)/t17-/m0/s1. The quantitative estimate of drug-likeness (QED) is 0.637. The summed E-state index contributed by atoms with van der Waals surface area (Å²) < 4.78 is 17.5. The van der Waals surface area contributed by atoms with Crippen molar-refractivity contribution in [3.05, 3.63) is 41.5 Å². The van der Waals surface area contributed by atoms with Crippen LogP contribution in [-0.4, -0.2) is 34.9 Å². The first-order valence-electron chi connectivity index (χ1n) is 10.3. The summed E-state index contributed by atoms with van der Waals surface area (Å²) in [4.78, 5) is 19.3. The molecule has 0 bridgehead atoms.